The normalized spacial score (nSPS) is 10.5. The lowest BCUT2D eigenvalue weighted by atomic mass is 10.2. The molecular formula is C14H17NO3S. The van der Waals surface area contributed by atoms with E-state index in [0.29, 0.717) is 11.5 Å². The Hall–Kier alpha value is -1.59. The Labute approximate surface area is 116 Å². The Morgan fingerprint density at radius 2 is 2.05 bits per heavy atom. The Bertz CT molecular complexity index is 544. The van der Waals surface area contributed by atoms with Crippen molar-refractivity contribution in [3.05, 3.63) is 28.8 Å². The number of aryl methyl sites for hydroxylation is 1. The zero-order valence-corrected chi connectivity index (χ0v) is 12.1. The molecule has 1 aromatic heterocycles. The van der Waals surface area contributed by atoms with Gasteiger partial charge in [0.05, 0.1) is 32.1 Å². The Morgan fingerprint density at radius 3 is 2.58 bits per heavy atom. The molecule has 0 atom stereocenters. The van der Waals surface area contributed by atoms with E-state index < -0.39 is 0 Å². The molecule has 0 aliphatic heterocycles. The van der Waals surface area contributed by atoms with E-state index in [-0.39, 0.29) is 6.61 Å². The van der Waals surface area contributed by atoms with Crippen LogP contribution in [0.15, 0.2) is 18.2 Å². The highest BCUT2D eigenvalue weighted by Crippen LogP contribution is 2.40. The van der Waals surface area contributed by atoms with E-state index >= 15 is 0 Å². The first-order chi connectivity index (χ1) is 9.24. The second-order valence-corrected chi connectivity index (χ2v) is 5.03. The lowest BCUT2D eigenvalue weighted by molar-refractivity contribution is 0.276. The standard InChI is InChI=1S/C14H17NO3S/c1-4-12-10(8-16)15-14(19-12)9-6-5-7-11(17-2)13(9)18-3/h5-7,16H,4,8H2,1-3H3. The van der Waals surface area contributed by atoms with Crippen molar-refractivity contribution < 1.29 is 14.6 Å². The summed E-state index contributed by atoms with van der Waals surface area (Å²) >= 11 is 1.58. The maximum absolute atomic E-state index is 9.33. The van der Waals surface area contributed by atoms with Gasteiger partial charge in [0.1, 0.15) is 5.01 Å². The van der Waals surface area contributed by atoms with Gasteiger partial charge in [0, 0.05) is 4.88 Å². The van der Waals surface area contributed by atoms with Gasteiger partial charge in [-0.2, -0.15) is 0 Å². The summed E-state index contributed by atoms with van der Waals surface area (Å²) in [6.45, 7) is 2.02. The number of hydrogen-bond donors (Lipinski definition) is 1. The Morgan fingerprint density at radius 1 is 1.26 bits per heavy atom. The average molecular weight is 279 g/mol. The first kappa shape index (κ1) is 13.8. The SMILES string of the molecule is CCc1sc(-c2cccc(OC)c2OC)nc1CO. The summed E-state index contributed by atoms with van der Waals surface area (Å²) in [7, 11) is 3.22. The number of aromatic nitrogens is 1. The van der Waals surface area contributed by atoms with Crippen LogP contribution in [0, 0.1) is 0 Å². The lowest BCUT2D eigenvalue weighted by Crippen LogP contribution is -1.93. The second kappa shape index (κ2) is 6.04. The zero-order chi connectivity index (χ0) is 13.8. The molecule has 0 radical (unpaired) electrons. The van der Waals surface area contributed by atoms with E-state index in [1.807, 2.05) is 18.2 Å². The summed E-state index contributed by atoms with van der Waals surface area (Å²) < 4.78 is 10.7. The average Bonchev–Trinajstić information content (AvgIpc) is 2.89. The van der Waals surface area contributed by atoms with Gasteiger partial charge < -0.3 is 14.6 Å². The molecule has 19 heavy (non-hydrogen) atoms. The largest absolute Gasteiger partial charge is 0.493 e. The van der Waals surface area contributed by atoms with Gasteiger partial charge in [0.2, 0.25) is 0 Å². The molecule has 2 rings (SSSR count). The monoisotopic (exact) mass is 279 g/mol. The number of rotatable bonds is 5. The van der Waals surface area contributed by atoms with Crippen LogP contribution in [-0.2, 0) is 13.0 Å². The van der Waals surface area contributed by atoms with Crippen LogP contribution < -0.4 is 9.47 Å². The third-order valence-corrected chi connectivity index (χ3v) is 4.16. The van der Waals surface area contributed by atoms with Crippen molar-refractivity contribution in [1.29, 1.82) is 0 Å². The molecule has 2 aromatic rings. The molecule has 0 saturated carbocycles. The molecule has 1 heterocycles. The lowest BCUT2D eigenvalue weighted by Gasteiger charge is -2.10. The molecule has 0 aliphatic carbocycles. The van der Waals surface area contributed by atoms with Crippen LogP contribution in [0.5, 0.6) is 11.5 Å². The predicted octanol–water partition coefficient (Wildman–Crippen LogP) is 2.88. The van der Waals surface area contributed by atoms with E-state index in [9.17, 15) is 5.11 Å². The minimum atomic E-state index is -0.0358. The number of hydrogen-bond acceptors (Lipinski definition) is 5. The van der Waals surface area contributed by atoms with Crippen molar-refractivity contribution in [2.45, 2.75) is 20.0 Å². The summed E-state index contributed by atoms with van der Waals surface area (Å²) in [5.41, 5.74) is 1.63. The summed E-state index contributed by atoms with van der Waals surface area (Å²) in [6.07, 6.45) is 0.861. The topological polar surface area (TPSA) is 51.6 Å². The van der Waals surface area contributed by atoms with Gasteiger partial charge in [-0.25, -0.2) is 4.98 Å². The first-order valence-electron chi connectivity index (χ1n) is 6.05. The van der Waals surface area contributed by atoms with Crippen LogP contribution >= 0.6 is 11.3 Å². The summed E-state index contributed by atoms with van der Waals surface area (Å²) in [6, 6.07) is 5.70. The van der Waals surface area contributed by atoms with Crippen LogP contribution in [0.2, 0.25) is 0 Å². The molecule has 5 heteroatoms. The second-order valence-electron chi connectivity index (χ2n) is 3.94. The fourth-order valence-electron chi connectivity index (χ4n) is 1.95. The van der Waals surface area contributed by atoms with Crippen molar-refractivity contribution in [2.75, 3.05) is 14.2 Å². The number of aliphatic hydroxyl groups is 1. The van der Waals surface area contributed by atoms with E-state index in [0.717, 1.165) is 27.6 Å². The number of thiazole rings is 1. The van der Waals surface area contributed by atoms with Gasteiger partial charge >= 0.3 is 0 Å². The molecule has 1 N–H and O–H groups in total. The minimum Gasteiger partial charge on any atom is -0.493 e. The highest BCUT2D eigenvalue weighted by Gasteiger charge is 2.16. The molecular weight excluding hydrogens is 262 g/mol. The van der Waals surface area contributed by atoms with Gasteiger partial charge in [0.25, 0.3) is 0 Å². The van der Waals surface area contributed by atoms with Crippen LogP contribution in [0.25, 0.3) is 10.6 Å². The van der Waals surface area contributed by atoms with Gasteiger partial charge in [-0.05, 0) is 18.6 Å². The third kappa shape index (κ3) is 2.57. The number of para-hydroxylation sites is 1. The van der Waals surface area contributed by atoms with Gasteiger partial charge in [-0.1, -0.05) is 13.0 Å². The van der Waals surface area contributed by atoms with Crippen LogP contribution in [-0.4, -0.2) is 24.3 Å². The van der Waals surface area contributed by atoms with E-state index in [1.165, 1.54) is 0 Å². The van der Waals surface area contributed by atoms with Crippen LogP contribution in [0.1, 0.15) is 17.5 Å². The van der Waals surface area contributed by atoms with Crippen molar-refractivity contribution in [3.63, 3.8) is 0 Å². The number of aliphatic hydroxyl groups excluding tert-OH is 1. The maximum Gasteiger partial charge on any atom is 0.170 e. The fourth-order valence-corrected chi connectivity index (χ4v) is 2.99. The quantitative estimate of drug-likeness (QED) is 0.914. The highest BCUT2D eigenvalue weighted by atomic mass is 32.1. The van der Waals surface area contributed by atoms with Gasteiger partial charge in [-0.15, -0.1) is 11.3 Å². The Balaban J connectivity index is 2.55. The molecule has 0 spiro atoms. The number of methoxy groups -OCH3 is 2. The van der Waals surface area contributed by atoms with Crippen molar-refractivity contribution in [2.24, 2.45) is 0 Å². The molecule has 0 amide bonds. The van der Waals surface area contributed by atoms with Gasteiger partial charge in [0.15, 0.2) is 11.5 Å². The highest BCUT2D eigenvalue weighted by molar-refractivity contribution is 7.15. The van der Waals surface area contributed by atoms with E-state index in [2.05, 4.69) is 11.9 Å². The molecule has 0 aliphatic rings. The molecule has 1 aromatic carbocycles. The summed E-state index contributed by atoms with van der Waals surface area (Å²) in [5.74, 6) is 1.35. The smallest absolute Gasteiger partial charge is 0.170 e. The van der Waals surface area contributed by atoms with E-state index in [4.69, 9.17) is 9.47 Å². The molecule has 0 fully saturated rings. The first-order valence-corrected chi connectivity index (χ1v) is 6.87. The number of nitrogens with zero attached hydrogens (tertiary/aromatic N) is 1. The molecule has 4 nitrogen and oxygen atoms in total. The molecule has 102 valence electrons. The molecule has 0 unspecified atom stereocenters. The fraction of sp³-hybridized carbons (Fsp3) is 0.357. The predicted molar refractivity (Wildman–Crippen MR) is 76.0 cm³/mol. The van der Waals surface area contributed by atoms with Crippen molar-refractivity contribution in [3.8, 4) is 22.1 Å². The zero-order valence-electron chi connectivity index (χ0n) is 11.3. The van der Waals surface area contributed by atoms with E-state index in [1.54, 1.807) is 25.6 Å². The summed E-state index contributed by atoms with van der Waals surface area (Å²) in [4.78, 5) is 5.59. The Kier molecular flexibility index (Phi) is 4.39. The van der Waals surface area contributed by atoms with Crippen LogP contribution in [0.3, 0.4) is 0 Å². The molecule has 0 saturated heterocycles. The number of benzene rings is 1. The maximum atomic E-state index is 9.33. The third-order valence-electron chi connectivity index (χ3n) is 2.88. The number of ether oxygens (including phenoxy) is 2. The van der Waals surface area contributed by atoms with Gasteiger partial charge in [-0.3, -0.25) is 0 Å². The summed E-state index contributed by atoms with van der Waals surface area (Å²) in [5, 5.41) is 10.2. The molecule has 0 bridgehead atoms. The van der Waals surface area contributed by atoms with Crippen LogP contribution in [0.4, 0.5) is 0 Å². The van der Waals surface area contributed by atoms with Crippen molar-refractivity contribution in [1.82, 2.24) is 4.98 Å². The minimum absolute atomic E-state index is 0.0358. The van der Waals surface area contributed by atoms with Crippen molar-refractivity contribution >= 4 is 11.3 Å².